The zero-order valence-electron chi connectivity index (χ0n) is 12.2. The highest BCUT2D eigenvalue weighted by Crippen LogP contribution is 2.29. The number of carbonyl (C=O) groups excluding carboxylic acids is 1. The molecule has 1 aromatic rings. The third kappa shape index (κ3) is 3.98. The molecule has 122 valence electrons. The van der Waals surface area contributed by atoms with Gasteiger partial charge in [0.1, 0.15) is 4.90 Å². The number of nitrogens with one attached hydrogen (secondary N) is 1. The number of rotatable bonds is 6. The number of benzene rings is 1. The summed E-state index contributed by atoms with van der Waals surface area (Å²) in [6.45, 7) is 1.44. The Kier molecular flexibility index (Phi) is 5.80. The zero-order valence-corrected chi connectivity index (χ0v) is 13.8. The van der Waals surface area contributed by atoms with E-state index in [0.717, 1.165) is 12.8 Å². The first-order chi connectivity index (χ1) is 10.4. The maximum atomic E-state index is 12.6. The lowest BCUT2D eigenvalue weighted by molar-refractivity contribution is -0.116. The SMILES string of the molecule is NCCCC(=O)Nc1ccc(Cl)c(S(=O)(=O)N2CCCC2)c1. The minimum absolute atomic E-state index is 0.0349. The van der Waals surface area contributed by atoms with Crippen LogP contribution in [0.4, 0.5) is 5.69 Å². The van der Waals surface area contributed by atoms with E-state index in [2.05, 4.69) is 5.32 Å². The van der Waals surface area contributed by atoms with Crippen LogP contribution in [0.3, 0.4) is 0 Å². The van der Waals surface area contributed by atoms with E-state index in [9.17, 15) is 13.2 Å². The Morgan fingerprint density at radius 1 is 1.32 bits per heavy atom. The van der Waals surface area contributed by atoms with Gasteiger partial charge in [-0.3, -0.25) is 4.79 Å². The van der Waals surface area contributed by atoms with Crippen LogP contribution in [0.25, 0.3) is 0 Å². The van der Waals surface area contributed by atoms with E-state index in [1.54, 1.807) is 6.07 Å². The molecular weight excluding hydrogens is 326 g/mol. The number of halogens is 1. The van der Waals surface area contributed by atoms with Crippen LogP contribution in [0.5, 0.6) is 0 Å². The molecule has 0 spiro atoms. The molecule has 0 bridgehead atoms. The molecule has 1 aliphatic rings. The highest BCUT2D eigenvalue weighted by molar-refractivity contribution is 7.89. The summed E-state index contributed by atoms with van der Waals surface area (Å²) in [4.78, 5) is 11.7. The van der Waals surface area contributed by atoms with Gasteiger partial charge in [-0.25, -0.2) is 8.42 Å². The maximum Gasteiger partial charge on any atom is 0.244 e. The largest absolute Gasteiger partial charge is 0.330 e. The molecule has 1 amide bonds. The molecule has 1 aliphatic heterocycles. The number of sulfonamides is 1. The summed E-state index contributed by atoms with van der Waals surface area (Å²) in [5.74, 6) is -0.197. The fourth-order valence-corrected chi connectivity index (χ4v) is 4.35. The Morgan fingerprint density at radius 3 is 2.64 bits per heavy atom. The number of anilines is 1. The van der Waals surface area contributed by atoms with Gasteiger partial charge in [0, 0.05) is 25.2 Å². The van der Waals surface area contributed by atoms with E-state index in [1.807, 2.05) is 0 Å². The third-order valence-electron chi connectivity index (χ3n) is 3.51. The molecule has 3 N–H and O–H groups in total. The molecule has 22 heavy (non-hydrogen) atoms. The zero-order chi connectivity index (χ0) is 16.2. The second-order valence-corrected chi connectivity index (χ2v) is 7.51. The van der Waals surface area contributed by atoms with Crippen LogP contribution < -0.4 is 11.1 Å². The Balaban J connectivity index is 2.21. The van der Waals surface area contributed by atoms with Crippen molar-refractivity contribution in [2.24, 2.45) is 5.73 Å². The van der Waals surface area contributed by atoms with Crippen molar-refractivity contribution in [2.75, 3.05) is 25.0 Å². The van der Waals surface area contributed by atoms with Crippen LogP contribution in [0.2, 0.25) is 5.02 Å². The Morgan fingerprint density at radius 2 is 2.00 bits per heavy atom. The molecule has 0 radical (unpaired) electrons. The lowest BCUT2D eigenvalue weighted by Crippen LogP contribution is -2.28. The summed E-state index contributed by atoms with van der Waals surface area (Å²) in [6.07, 6.45) is 2.59. The van der Waals surface area contributed by atoms with Crippen LogP contribution in [-0.2, 0) is 14.8 Å². The average Bonchev–Trinajstić information content (AvgIpc) is 3.02. The van der Waals surface area contributed by atoms with Crippen LogP contribution >= 0.6 is 11.6 Å². The summed E-state index contributed by atoms with van der Waals surface area (Å²) >= 11 is 6.04. The minimum Gasteiger partial charge on any atom is -0.330 e. The number of nitrogens with zero attached hydrogens (tertiary/aromatic N) is 1. The van der Waals surface area contributed by atoms with Crippen molar-refractivity contribution in [3.05, 3.63) is 23.2 Å². The van der Waals surface area contributed by atoms with Gasteiger partial charge in [-0.05, 0) is 44.0 Å². The normalized spacial score (nSPS) is 15.9. The second kappa shape index (κ2) is 7.41. The second-order valence-electron chi connectivity index (χ2n) is 5.20. The standard InChI is InChI=1S/C14H20ClN3O3S/c15-12-6-5-11(17-14(19)4-3-7-16)10-13(12)22(20,21)18-8-1-2-9-18/h5-6,10H,1-4,7-9,16H2,(H,17,19). The van der Waals surface area contributed by atoms with Gasteiger partial charge < -0.3 is 11.1 Å². The minimum atomic E-state index is -3.61. The van der Waals surface area contributed by atoms with E-state index < -0.39 is 10.0 Å². The molecule has 1 aromatic carbocycles. The quantitative estimate of drug-likeness (QED) is 0.822. The van der Waals surface area contributed by atoms with Gasteiger partial charge >= 0.3 is 0 Å². The Labute approximate surface area is 135 Å². The topological polar surface area (TPSA) is 92.5 Å². The van der Waals surface area contributed by atoms with Crippen molar-refractivity contribution in [1.82, 2.24) is 4.31 Å². The molecule has 8 heteroatoms. The maximum absolute atomic E-state index is 12.6. The summed E-state index contributed by atoms with van der Waals surface area (Å²) in [7, 11) is -3.61. The predicted molar refractivity (Wildman–Crippen MR) is 86.4 cm³/mol. The number of hydrogen-bond acceptors (Lipinski definition) is 4. The van der Waals surface area contributed by atoms with E-state index in [1.165, 1.54) is 16.4 Å². The molecule has 1 saturated heterocycles. The molecule has 0 unspecified atom stereocenters. The van der Waals surface area contributed by atoms with Gasteiger partial charge in [0.2, 0.25) is 15.9 Å². The average molecular weight is 346 g/mol. The van der Waals surface area contributed by atoms with Crippen molar-refractivity contribution in [3.63, 3.8) is 0 Å². The predicted octanol–water partition coefficient (Wildman–Crippen LogP) is 1.80. The molecule has 0 atom stereocenters. The van der Waals surface area contributed by atoms with E-state index >= 15 is 0 Å². The van der Waals surface area contributed by atoms with Crippen molar-refractivity contribution >= 4 is 33.2 Å². The molecular formula is C14H20ClN3O3S. The smallest absolute Gasteiger partial charge is 0.244 e. The first-order valence-electron chi connectivity index (χ1n) is 7.25. The lowest BCUT2D eigenvalue weighted by atomic mass is 10.2. The summed E-state index contributed by atoms with van der Waals surface area (Å²) in [5, 5.41) is 2.83. The van der Waals surface area contributed by atoms with Gasteiger partial charge in [-0.15, -0.1) is 0 Å². The van der Waals surface area contributed by atoms with E-state index in [-0.39, 0.29) is 15.8 Å². The van der Waals surface area contributed by atoms with Crippen molar-refractivity contribution in [2.45, 2.75) is 30.6 Å². The summed E-state index contributed by atoms with van der Waals surface area (Å²) in [5.41, 5.74) is 5.78. The van der Waals surface area contributed by atoms with Gasteiger partial charge in [0.15, 0.2) is 0 Å². The van der Waals surface area contributed by atoms with Crippen molar-refractivity contribution < 1.29 is 13.2 Å². The fourth-order valence-electron chi connectivity index (χ4n) is 2.33. The highest BCUT2D eigenvalue weighted by Gasteiger charge is 2.29. The molecule has 0 saturated carbocycles. The number of hydrogen-bond donors (Lipinski definition) is 2. The number of carbonyl (C=O) groups is 1. The van der Waals surface area contributed by atoms with Crippen molar-refractivity contribution in [3.8, 4) is 0 Å². The molecule has 1 fully saturated rings. The summed E-state index contributed by atoms with van der Waals surface area (Å²) < 4.78 is 26.6. The van der Waals surface area contributed by atoms with Gasteiger partial charge in [-0.2, -0.15) is 4.31 Å². The molecule has 0 aliphatic carbocycles. The number of amides is 1. The third-order valence-corrected chi connectivity index (χ3v) is 5.89. The van der Waals surface area contributed by atoms with Crippen molar-refractivity contribution in [1.29, 1.82) is 0 Å². The number of nitrogens with two attached hydrogens (primary N) is 1. The lowest BCUT2D eigenvalue weighted by Gasteiger charge is -2.17. The summed E-state index contributed by atoms with van der Waals surface area (Å²) in [6, 6.07) is 4.49. The van der Waals surface area contributed by atoms with Crippen LogP contribution in [-0.4, -0.2) is 38.3 Å². The van der Waals surface area contributed by atoms with Gasteiger partial charge in [0.05, 0.1) is 5.02 Å². The van der Waals surface area contributed by atoms with Crippen LogP contribution in [0.1, 0.15) is 25.7 Å². The van der Waals surface area contributed by atoms with Crippen LogP contribution in [0, 0.1) is 0 Å². The van der Waals surface area contributed by atoms with Gasteiger partial charge in [-0.1, -0.05) is 11.6 Å². The fraction of sp³-hybridized carbons (Fsp3) is 0.500. The molecule has 1 heterocycles. The Bertz CT molecular complexity index is 643. The molecule has 0 aromatic heterocycles. The first-order valence-corrected chi connectivity index (χ1v) is 9.06. The highest BCUT2D eigenvalue weighted by atomic mass is 35.5. The first kappa shape index (κ1) is 17.2. The molecule has 6 nitrogen and oxygen atoms in total. The van der Waals surface area contributed by atoms with Crippen LogP contribution in [0.15, 0.2) is 23.1 Å². The molecule has 2 rings (SSSR count). The van der Waals surface area contributed by atoms with E-state index in [0.29, 0.717) is 38.2 Å². The Hall–Kier alpha value is -1.15. The van der Waals surface area contributed by atoms with Gasteiger partial charge in [0.25, 0.3) is 0 Å². The van der Waals surface area contributed by atoms with E-state index in [4.69, 9.17) is 17.3 Å². The monoisotopic (exact) mass is 345 g/mol.